The summed E-state index contributed by atoms with van der Waals surface area (Å²) in [6.07, 6.45) is 2.06. The van der Waals surface area contributed by atoms with Crippen molar-refractivity contribution in [3.05, 3.63) is 17.7 Å². The molecule has 1 atom stereocenters. The van der Waals surface area contributed by atoms with Gasteiger partial charge in [-0.05, 0) is 42.5 Å². The molecule has 0 bridgehead atoms. The number of hydrogen-bond donors (Lipinski definition) is 1. The second-order valence-corrected chi connectivity index (χ2v) is 6.61. The monoisotopic (exact) mass is 372 g/mol. The standard InChI is InChI=1S/C18H28N2O4.ClH/c1-18(11-19)7-8-20(12-18)16(21)6-5-13-9-14(22-2)17(24-4)15(10-13)23-3;/h9-10H,5-8,11-12,19H2,1-4H3;1H. The Bertz CT molecular complexity index is 571. The molecule has 1 aliphatic heterocycles. The summed E-state index contributed by atoms with van der Waals surface area (Å²) >= 11 is 0. The minimum atomic E-state index is 0. The third-order valence-electron chi connectivity index (χ3n) is 4.76. The summed E-state index contributed by atoms with van der Waals surface area (Å²) in [6.45, 7) is 4.29. The normalized spacial score (nSPS) is 19.3. The van der Waals surface area contributed by atoms with E-state index in [1.807, 2.05) is 17.0 Å². The Morgan fingerprint density at radius 2 is 1.80 bits per heavy atom. The number of hydrogen-bond acceptors (Lipinski definition) is 5. The SMILES string of the molecule is COc1cc(CCC(=O)N2CCC(C)(CN)C2)cc(OC)c1OC.Cl. The molecule has 2 rings (SSSR count). The van der Waals surface area contributed by atoms with E-state index in [9.17, 15) is 4.79 Å². The van der Waals surface area contributed by atoms with Crippen LogP contribution < -0.4 is 19.9 Å². The molecule has 0 saturated carbocycles. The first-order valence-corrected chi connectivity index (χ1v) is 8.23. The molecule has 0 radical (unpaired) electrons. The Morgan fingerprint density at radius 1 is 1.20 bits per heavy atom. The lowest BCUT2D eigenvalue weighted by atomic mass is 9.90. The van der Waals surface area contributed by atoms with Crippen LogP contribution in [0.3, 0.4) is 0 Å². The van der Waals surface area contributed by atoms with Crippen LogP contribution in [0.15, 0.2) is 12.1 Å². The first kappa shape index (κ1) is 21.4. The van der Waals surface area contributed by atoms with Crippen molar-refractivity contribution in [1.82, 2.24) is 4.90 Å². The summed E-state index contributed by atoms with van der Waals surface area (Å²) in [5.41, 5.74) is 6.85. The fourth-order valence-electron chi connectivity index (χ4n) is 3.09. The Morgan fingerprint density at radius 3 is 2.24 bits per heavy atom. The molecule has 142 valence electrons. The van der Waals surface area contributed by atoms with Crippen LogP contribution in [0, 0.1) is 5.41 Å². The predicted molar refractivity (Wildman–Crippen MR) is 100 cm³/mol. The Balaban J connectivity index is 0.00000312. The van der Waals surface area contributed by atoms with Gasteiger partial charge in [0.15, 0.2) is 11.5 Å². The van der Waals surface area contributed by atoms with Crippen LogP contribution in [0.1, 0.15) is 25.3 Å². The van der Waals surface area contributed by atoms with Crippen molar-refractivity contribution in [2.75, 3.05) is 41.0 Å². The maximum Gasteiger partial charge on any atom is 0.222 e. The number of carbonyl (C=O) groups excluding carboxylic acids is 1. The topological polar surface area (TPSA) is 74.0 Å². The van der Waals surface area contributed by atoms with E-state index >= 15 is 0 Å². The van der Waals surface area contributed by atoms with Gasteiger partial charge in [-0.3, -0.25) is 4.79 Å². The minimum absolute atomic E-state index is 0. The number of likely N-dealkylation sites (tertiary alicyclic amines) is 1. The summed E-state index contributed by atoms with van der Waals surface area (Å²) in [5.74, 6) is 1.95. The summed E-state index contributed by atoms with van der Waals surface area (Å²) in [7, 11) is 4.75. The first-order chi connectivity index (χ1) is 11.5. The zero-order valence-electron chi connectivity index (χ0n) is 15.5. The molecule has 1 aliphatic rings. The number of nitrogens with zero attached hydrogens (tertiary/aromatic N) is 1. The molecule has 1 fully saturated rings. The van der Waals surface area contributed by atoms with Gasteiger partial charge in [0.2, 0.25) is 11.7 Å². The number of benzene rings is 1. The van der Waals surface area contributed by atoms with Gasteiger partial charge in [-0.1, -0.05) is 6.92 Å². The maximum atomic E-state index is 12.5. The van der Waals surface area contributed by atoms with Gasteiger partial charge in [-0.15, -0.1) is 12.4 Å². The first-order valence-electron chi connectivity index (χ1n) is 8.23. The zero-order valence-corrected chi connectivity index (χ0v) is 16.3. The fourth-order valence-corrected chi connectivity index (χ4v) is 3.09. The number of nitrogens with two attached hydrogens (primary N) is 1. The molecule has 1 aromatic rings. The molecule has 0 aromatic heterocycles. The molecule has 2 N–H and O–H groups in total. The highest BCUT2D eigenvalue weighted by molar-refractivity contribution is 5.85. The smallest absolute Gasteiger partial charge is 0.222 e. The van der Waals surface area contributed by atoms with Crippen LogP contribution in [0.2, 0.25) is 0 Å². The molecular formula is C18H29ClN2O4. The average molecular weight is 373 g/mol. The van der Waals surface area contributed by atoms with Crippen LogP contribution in [0.25, 0.3) is 0 Å². The number of halogens is 1. The molecule has 1 aromatic carbocycles. The van der Waals surface area contributed by atoms with Gasteiger partial charge >= 0.3 is 0 Å². The molecule has 0 aliphatic carbocycles. The number of methoxy groups -OCH3 is 3. The fraction of sp³-hybridized carbons (Fsp3) is 0.611. The molecule has 1 saturated heterocycles. The summed E-state index contributed by atoms with van der Waals surface area (Å²) < 4.78 is 16.0. The maximum absolute atomic E-state index is 12.5. The van der Waals surface area contributed by atoms with E-state index in [0.717, 1.165) is 25.1 Å². The number of amides is 1. The van der Waals surface area contributed by atoms with Gasteiger partial charge < -0.3 is 24.8 Å². The summed E-state index contributed by atoms with van der Waals surface area (Å²) in [4.78, 5) is 14.4. The molecule has 1 heterocycles. The van der Waals surface area contributed by atoms with Gasteiger partial charge in [0.05, 0.1) is 21.3 Å². The van der Waals surface area contributed by atoms with E-state index in [4.69, 9.17) is 19.9 Å². The molecule has 6 nitrogen and oxygen atoms in total. The molecule has 7 heteroatoms. The van der Waals surface area contributed by atoms with Crippen LogP contribution in [-0.2, 0) is 11.2 Å². The third-order valence-corrected chi connectivity index (χ3v) is 4.76. The van der Waals surface area contributed by atoms with Gasteiger partial charge in [0.1, 0.15) is 0 Å². The Hall–Kier alpha value is -1.66. The van der Waals surface area contributed by atoms with Crippen molar-refractivity contribution >= 4 is 18.3 Å². The lowest BCUT2D eigenvalue weighted by Crippen LogP contribution is -2.34. The van der Waals surface area contributed by atoms with E-state index in [1.165, 1.54) is 0 Å². The summed E-state index contributed by atoms with van der Waals surface area (Å²) in [5, 5.41) is 0. The van der Waals surface area contributed by atoms with E-state index in [0.29, 0.717) is 36.6 Å². The van der Waals surface area contributed by atoms with E-state index in [2.05, 4.69) is 6.92 Å². The lowest BCUT2D eigenvalue weighted by molar-refractivity contribution is -0.130. The van der Waals surface area contributed by atoms with Crippen molar-refractivity contribution in [3.63, 3.8) is 0 Å². The zero-order chi connectivity index (χ0) is 17.7. The van der Waals surface area contributed by atoms with Crippen LogP contribution in [0.4, 0.5) is 0 Å². The van der Waals surface area contributed by atoms with Crippen molar-refractivity contribution in [3.8, 4) is 17.2 Å². The van der Waals surface area contributed by atoms with E-state index in [1.54, 1.807) is 21.3 Å². The largest absolute Gasteiger partial charge is 0.493 e. The number of ether oxygens (including phenoxy) is 3. The van der Waals surface area contributed by atoms with Crippen molar-refractivity contribution < 1.29 is 19.0 Å². The molecule has 1 amide bonds. The quantitative estimate of drug-likeness (QED) is 0.794. The molecule has 0 spiro atoms. The second kappa shape index (κ2) is 9.15. The highest BCUT2D eigenvalue weighted by atomic mass is 35.5. The van der Waals surface area contributed by atoms with Crippen LogP contribution >= 0.6 is 12.4 Å². The van der Waals surface area contributed by atoms with Crippen LogP contribution in [0.5, 0.6) is 17.2 Å². The molecular weight excluding hydrogens is 344 g/mol. The van der Waals surface area contributed by atoms with Gasteiger partial charge in [0.25, 0.3) is 0 Å². The number of rotatable bonds is 7. The number of aryl methyl sites for hydroxylation is 1. The number of carbonyl (C=O) groups is 1. The third kappa shape index (κ3) is 4.92. The molecule has 25 heavy (non-hydrogen) atoms. The Kier molecular flexibility index (Phi) is 7.83. The Labute approximate surface area is 156 Å². The van der Waals surface area contributed by atoms with Crippen molar-refractivity contribution in [1.29, 1.82) is 0 Å². The second-order valence-electron chi connectivity index (χ2n) is 6.61. The van der Waals surface area contributed by atoms with Crippen molar-refractivity contribution in [2.24, 2.45) is 11.1 Å². The predicted octanol–water partition coefficient (Wildman–Crippen LogP) is 2.26. The van der Waals surface area contributed by atoms with Crippen molar-refractivity contribution in [2.45, 2.75) is 26.2 Å². The molecule has 1 unspecified atom stereocenters. The van der Waals surface area contributed by atoms with E-state index in [-0.39, 0.29) is 23.7 Å². The van der Waals surface area contributed by atoms with Gasteiger partial charge in [-0.2, -0.15) is 0 Å². The highest BCUT2D eigenvalue weighted by Gasteiger charge is 2.34. The van der Waals surface area contributed by atoms with Gasteiger partial charge in [0, 0.05) is 19.5 Å². The van der Waals surface area contributed by atoms with Gasteiger partial charge in [-0.25, -0.2) is 0 Å². The highest BCUT2D eigenvalue weighted by Crippen LogP contribution is 2.38. The van der Waals surface area contributed by atoms with Crippen LogP contribution in [-0.4, -0.2) is 51.8 Å². The average Bonchev–Trinajstić information content (AvgIpc) is 3.01. The lowest BCUT2D eigenvalue weighted by Gasteiger charge is -2.22. The summed E-state index contributed by atoms with van der Waals surface area (Å²) in [6, 6.07) is 3.78. The minimum Gasteiger partial charge on any atom is -0.493 e. The van der Waals surface area contributed by atoms with E-state index < -0.39 is 0 Å².